The van der Waals surface area contributed by atoms with Crippen molar-refractivity contribution in [2.45, 2.75) is 50.2 Å². The fourth-order valence-corrected chi connectivity index (χ4v) is 5.12. The Hall–Kier alpha value is -2.37. The number of aryl methyl sites for hydroxylation is 3. The van der Waals surface area contributed by atoms with Crippen LogP contribution >= 0.6 is 11.8 Å². The highest BCUT2D eigenvalue weighted by atomic mass is 32.2. The van der Waals surface area contributed by atoms with Crippen LogP contribution in [-0.2, 0) is 28.4 Å². The van der Waals surface area contributed by atoms with Gasteiger partial charge in [-0.1, -0.05) is 25.1 Å². The third-order valence-corrected chi connectivity index (χ3v) is 8.09. The molecule has 0 spiro atoms. The molecule has 2 aromatic heterocycles. The summed E-state index contributed by atoms with van der Waals surface area (Å²) >= 11 is 1.34. The lowest BCUT2D eigenvalue weighted by Crippen LogP contribution is -2.22. The standard InChI is InChI=1S/C21H30N6O3S2/c1-7-8-11-27-18-10-9-16(32(29,30)25(4)5)12-17(18)22-21(27)31-13-19(28)23-20-14(2)24-26(6)15(20)3/h9-10,12H,7-8,11,13H2,1-6H3,(H,23,28). The largest absolute Gasteiger partial charge is 0.322 e. The quantitative estimate of drug-likeness (QED) is 0.474. The van der Waals surface area contributed by atoms with Crippen LogP contribution in [0.1, 0.15) is 31.2 Å². The number of hydrogen-bond acceptors (Lipinski definition) is 6. The predicted octanol–water partition coefficient (Wildman–Crippen LogP) is 3.17. The van der Waals surface area contributed by atoms with Gasteiger partial charge in [0.15, 0.2) is 5.16 Å². The first-order valence-electron chi connectivity index (χ1n) is 10.4. The lowest BCUT2D eigenvalue weighted by Gasteiger charge is -2.11. The number of rotatable bonds is 9. The Morgan fingerprint density at radius 1 is 1.25 bits per heavy atom. The van der Waals surface area contributed by atoms with Crippen LogP contribution in [0.5, 0.6) is 0 Å². The number of carbonyl (C=O) groups excluding carboxylic acids is 1. The van der Waals surface area contributed by atoms with E-state index in [0.717, 1.165) is 42.0 Å². The van der Waals surface area contributed by atoms with E-state index in [1.807, 2.05) is 20.9 Å². The molecular formula is C21H30N6O3S2. The smallest absolute Gasteiger partial charge is 0.242 e. The van der Waals surface area contributed by atoms with Crippen molar-refractivity contribution in [2.75, 3.05) is 25.2 Å². The summed E-state index contributed by atoms with van der Waals surface area (Å²) in [5, 5.41) is 7.96. The lowest BCUT2D eigenvalue weighted by atomic mass is 10.3. The zero-order valence-electron chi connectivity index (χ0n) is 19.3. The lowest BCUT2D eigenvalue weighted by molar-refractivity contribution is -0.113. The van der Waals surface area contributed by atoms with Crippen LogP contribution in [0, 0.1) is 13.8 Å². The number of imidazole rings is 1. The number of nitrogens with one attached hydrogen (secondary N) is 1. The first-order chi connectivity index (χ1) is 15.1. The molecule has 9 nitrogen and oxygen atoms in total. The van der Waals surface area contributed by atoms with Crippen molar-refractivity contribution in [3.8, 4) is 0 Å². The van der Waals surface area contributed by atoms with Gasteiger partial charge in [0, 0.05) is 27.7 Å². The van der Waals surface area contributed by atoms with E-state index in [9.17, 15) is 13.2 Å². The van der Waals surface area contributed by atoms with Gasteiger partial charge in [0.25, 0.3) is 0 Å². The number of anilines is 1. The zero-order chi connectivity index (χ0) is 23.6. The van der Waals surface area contributed by atoms with Gasteiger partial charge in [0.05, 0.1) is 38.8 Å². The van der Waals surface area contributed by atoms with Crippen LogP contribution < -0.4 is 5.32 Å². The molecule has 3 aromatic rings. The Bertz CT molecular complexity index is 1240. The zero-order valence-corrected chi connectivity index (χ0v) is 21.0. The molecule has 2 heterocycles. The number of sulfonamides is 1. The van der Waals surface area contributed by atoms with E-state index in [4.69, 9.17) is 0 Å². The van der Waals surface area contributed by atoms with Crippen molar-refractivity contribution in [2.24, 2.45) is 7.05 Å². The summed E-state index contributed by atoms with van der Waals surface area (Å²) in [6, 6.07) is 5.00. The molecule has 0 atom stereocenters. The first kappa shape index (κ1) is 24.3. The van der Waals surface area contributed by atoms with E-state index in [2.05, 4.69) is 26.9 Å². The monoisotopic (exact) mass is 478 g/mol. The Balaban J connectivity index is 1.86. The molecule has 1 N–H and O–H groups in total. The molecule has 1 aromatic carbocycles. The number of nitrogens with zero attached hydrogens (tertiary/aromatic N) is 5. The topological polar surface area (TPSA) is 102 Å². The molecule has 11 heteroatoms. The highest BCUT2D eigenvalue weighted by molar-refractivity contribution is 7.99. The Kier molecular flexibility index (Phi) is 7.31. The second-order valence-corrected chi connectivity index (χ2v) is 10.9. The summed E-state index contributed by atoms with van der Waals surface area (Å²) in [6.07, 6.45) is 1.97. The summed E-state index contributed by atoms with van der Waals surface area (Å²) in [5.41, 5.74) is 3.86. The third-order valence-electron chi connectivity index (χ3n) is 5.30. The normalized spacial score (nSPS) is 12.1. The minimum Gasteiger partial charge on any atom is -0.322 e. The second kappa shape index (κ2) is 9.63. The summed E-state index contributed by atoms with van der Waals surface area (Å²) in [4.78, 5) is 17.5. The highest BCUT2D eigenvalue weighted by Gasteiger charge is 2.20. The van der Waals surface area contributed by atoms with Gasteiger partial charge in [0.1, 0.15) is 0 Å². The number of benzene rings is 1. The van der Waals surface area contributed by atoms with E-state index in [1.54, 1.807) is 22.9 Å². The molecule has 174 valence electrons. The summed E-state index contributed by atoms with van der Waals surface area (Å²) in [5.74, 6) is 0.0469. The molecule has 0 saturated carbocycles. The van der Waals surface area contributed by atoms with Crippen LogP contribution in [-0.4, -0.2) is 57.8 Å². The van der Waals surface area contributed by atoms with Crippen molar-refractivity contribution in [3.63, 3.8) is 0 Å². The van der Waals surface area contributed by atoms with Crippen LogP contribution in [0.3, 0.4) is 0 Å². The molecule has 32 heavy (non-hydrogen) atoms. The Labute approximate surface area is 193 Å². The van der Waals surface area contributed by atoms with Gasteiger partial charge < -0.3 is 9.88 Å². The maximum atomic E-state index is 12.6. The molecule has 0 fully saturated rings. The van der Waals surface area contributed by atoms with Gasteiger partial charge in [-0.15, -0.1) is 0 Å². The average molecular weight is 479 g/mol. The number of unbranched alkanes of at least 4 members (excludes halogenated alkanes) is 1. The maximum Gasteiger partial charge on any atom is 0.242 e. The number of hydrogen-bond donors (Lipinski definition) is 1. The average Bonchev–Trinajstić information content (AvgIpc) is 3.21. The molecule has 1 amide bonds. The summed E-state index contributed by atoms with van der Waals surface area (Å²) in [7, 11) is 1.30. The molecule has 3 rings (SSSR count). The van der Waals surface area contributed by atoms with Crippen LogP contribution in [0.15, 0.2) is 28.3 Å². The maximum absolute atomic E-state index is 12.6. The van der Waals surface area contributed by atoms with Crippen molar-refractivity contribution >= 4 is 44.4 Å². The second-order valence-electron chi connectivity index (χ2n) is 7.84. The minimum atomic E-state index is -3.55. The van der Waals surface area contributed by atoms with Gasteiger partial charge in [-0.3, -0.25) is 9.48 Å². The highest BCUT2D eigenvalue weighted by Crippen LogP contribution is 2.28. The Morgan fingerprint density at radius 2 is 1.97 bits per heavy atom. The predicted molar refractivity (Wildman–Crippen MR) is 128 cm³/mol. The van der Waals surface area contributed by atoms with Gasteiger partial charge in [-0.25, -0.2) is 17.7 Å². The van der Waals surface area contributed by atoms with E-state index < -0.39 is 10.0 Å². The number of carbonyl (C=O) groups is 1. The van der Waals surface area contributed by atoms with Gasteiger partial charge >= 0.3 is 0 Å². The fourth-order valence-electron chi connectivity index (χ4n) is 3.36. The molecule has 0 saturated heterocycles. The fraction of sp³-hybridized carbons (Fsp3) is 0.476. The van der Waals surface area contributed by atoms with Crippen molar-refractivity contribution in [1.29, 1.82) is 0 Å². The van der Waals surface area contributed by atoms with Crippen LogP contribution in [0.2, 0.25) is 0 Å². The van der Waals surface area contributed by atoms with Gasteiger partial charge in [0.2, 0.25) is 15.9 Å². The minimum absolute atomic E-state index is 0.140. The number of aromatic nitrogens is 4. The van der Waals surface area contributed by atoms with E-state index in [0.29, 0.717) is 10.7 Å². The number of fused-ring (bicyclic) bond motifs is 1. The Morgan fingerprint density at radius 3 is 2.56 bits per heavy atom. The molecule has 0 aliphatic heterocycles. The van der Waals surface area contributed by atoms with Crippen molar-refractivity contribution in [3.05, 3.63) is 29.6 Å². The summed E-state index contributed by atoms with van der Waals surface area (Å²) < 4.78 is 30.0. The van der Waals surface area contributed by atoms with Crippen molar-refractivity contribution in [1.82, 2.24) is 23.6 Å². The molecule has 0 unspecified atom stereocenters. The molecule has 0 aliphatic rings. The van der Waals surface area contributed by atoms with E-state index in [-0.39, 0.29) is 16.6 Å². The van der Waals surface area contributed by atoms with E-state index >= 15 is 0 Å². The van der Waals surface area contributed by atoms with E-state index in [1.165, 1.54) is 30.2 Å². The SMILES string of the molecule is CCCCn1c(SCC(=O)Nc2c(C)nn(C)c2C)nc2cc(S(=O)(=O)N(C)C)ccc21. The first-order valence-corrected chi connectivity index (χ1v) is 12.8. The van der Waals surface area contributed by atoms with Gasteiger partial charge in [-0.05, 0) is 38.5 Å². The summed E-state index contributed by atoms with van der Waals surface area (Å²) in [6.45, 7) is 6.63. The molecule has 0 bridgehead atoms. The van der Waals surface area contributed by atoms with Crippen LogP contribution in [0.25, 0.3) is 11.0 Å². The molecule has 0 aliphatic carbocycles. The third kappa shape index (κ3) is 4.84. The number of amides is 1. The van der Waals surface area contributed by atoms with Gasteiger partial charge in [-0.2, -0.15) is 5.10 Å². The van der Waals surface area contributed by atoms with Crippen molar-refractivity contribution < 1.29 is 13.2 Å². The molecular weight excluding hydrogens is 448 g/mol. The number of thioether (sulfide) groups is 1. The van der Waals surface area contributed by atoms with Crippen LogP contribution in [0.4, 0.5) is 5.69 Å². The molecule has 0 radical (unpaired) electrons.